The van der Waals surface area contributed by atoms with Crippen molar-refractivity contribution in [1.29, 1.82) is 0 Å². The van der Waals surface area contributed by atoms with Crippen LogP contribution >= 0.6 is 0 Å². The van der Waals surface area contributed by atoms with Gasteiger partial charge in [-0.25, -0.2) is 8.42 Å². The highest BCUT2D eigenvalue weighted by molar-refractivity contribution is 7.92. The molecule has 31 heavy (non-hydrogen) atoms. The fourth-order valence-corrected chi connectivity index (χ4v) is 5.54. The molecule has 0 unspecified atom stereocenters. The summed E-state index contributed by atoms with van der Waals surface area (Å²) >= 11 is 0. The van der Waals surface area contributed by atoms with Crippen LogP contribution in [0.3, 0.4) is 0 Å². The van der Waals surface area contributed by atoms with Crippen LogP contribution in [0.15, 0.2) is 23.1 Å². The second kappa shape index (κ2) is 8.82. The van der Waals surface area contributed by atoms with E-state index < -0.39 is 10.0 Å². The lowest BCUT2D eigenvalue weighted by atomic mass is 9.98. The Kier molecular flexibility index (Phi) is 6.54. The van der Waals surface area contributed by atoms with Gasteiger partial charge < -0.3 is 18.9 Å². The molecule has 1 aliphatic rings. The van der Waals surface area contributed by atoms with Gasteiger partial charge in [-0.3, -0.25) is 9.52 Å². The predicted octanol–water partition coefficient (Wildman–Crippen LogP) is 3.33. The summed E-state index contributed by atoms with van der Waals surface area (Å²) in [6.45, 7) is 6.92. The Morgan fingerprint density at radius 3 is 2.32 bits per heavy atom. The van der Waals surface area contributed by atoms with E-state index in [1.807, 2.05) is 0 Å². The number of hydrogen-bond donors (Lipinski definition) is 1. The minimum Gasteiger partial charge on any atom is -0.497 e. The predicted molar refractivity (Wildman–Crippen MR) is 120 cm³/mol. The molecule has 0 aliphatic carbocycles. The summed E-state index contributed by atoms with van der Waals surface area (Å²) in [6, 6.07) is 4.82. The first-order chi connectivity index (χ1) is 14.6. The van der Waals surface area contributed by atoms with Crippen molar-refractivity contribution in [3.8, 4) is 11.5 Å². The molecule has 2 aromatic rings. The highest BCUT2D eigenvalue weighted by Crippen LogP contribution is 2.34. The number of carbonyl (C=O) groups excluding carboxylic acids is 1. The second-order valence-corrected chi connectivity index (χ2v) is 9.70. The Bertz CT molecular complexity index is 1080. The van der Waals surface area contributed by atoms with Crippen molar-refractivity contribution in [2.75, 3.05) is 32.0 Å². The molecular formula is C22H31N3O5S. The molecule has 0 bridgehead atoms. The number of rotatable bonds is 6. The minimum atomic E-state index is -4.06. The van der Waals surface area contributed by atoms with Crippen molar-refractivity contribution >= 4 is 21.6 Å². The Hall–Kier alpha value is -2.68. The lowest BCUT2D eigenvalue weighted by Crippen LogP contribution is -2.38. The molecule has 1 N–H and O–H groups in total. The van der Waals surface area contributed by atoms with E-state index in [2.05, 4.69) is 11.6 Å². The average Bonchev–Trinajstić information content (AvgIpc) is 2.98. The van der Waals surface area contributed by atoms with Crippen molar-refractivity contribution in [1.82, 2.24) is 9.47 Å². The van der Waals surface area contributed by atoms with Crippen molar-refractivity contribution < 1.29 is 22.7 Å². The van der Waals surface area contributed by atoms with E-state index in [1.54, 1.807) is 48.6 Å². The topological polar surface area (TPSA) is 89.9 Å². The number of carbonyl (C=O) groups is 1. The third-order valence-corrected chi connectivity index (χ3v) is 7.66. The summed E-state index contributed by atoms with van der Waals surface area (Å²) in [5, 5.41) is 0. The molecule has 1 aromatic heterocycles. The smallest absolute Gasteiger partial charge is 0.264 e. The van der Waals surface area contributed by atoms with Gasteiger partial charge in [0.2, 0.25) is 0 Å². The molecule has 2 heterocycles. The van der Waals surface area contributed by atoms with Gasteiger partial charge in [0.25, 0.3) is 15.9 Å². The molecule has 0 saturated carbocycles. The Labute approximate surface area is 184 Å². The maximum absolute atomic E-state index is 13.5. The number of nitrogens with zero attached hydrogens (tertiary/aromatic N) is 2. The zero-order valence-electron chi connectivity index (χ0n) is 19.0. The monoisotopic (exact) mass is 449 g/mol. The van der Waals surface area contributed by atoms with Crippen molar-refractivity contribution in [3.05, 3.63) is 35.2 Å². The number of benzene rings is 1. The molecule has 9 heteroatoms. The van der Waals surface area contributed by atoms with Gasteiger partial charge in [-0.2, -0.15) is 0 Å². The number of anilines is 1. The summed E-state index contributed by atoms with van der Waals surface area (Å²) in [7, 11) is 0.685. The highest BCUT2D eigenvalue weighted by atomic mass is 32.2. The molecule has 8 nitrogen and oxygen atoms in total. The fraction of sp³-hybridized carbons (Fsp3) is 0.500. The Morgan fingerprint density at radius 1 is 1.10 bits per heavy atom. The third kappa shape index (κ3) is 4.37. The van der Waals surface area contributed by atoms with Crippen LogP contribution in [0.1, 0.15) is 41.5 Å². The molecule has 1 saturated heterocycles. The normalized spacial score (nSPS) is 15.1. The third-order valence-electron chi connectivity index (χ3n) is 6.13. The molecule has 3 rings (SSSR count). The van der Waals surface area contributed by atoms with E-state index in [9.17, 15) is 13.2 Å². The van der Waals surface area contributed by atoms with Crippen molar-refractivity contribution in [3.63, 3.8) is 0 Å². The summed E-state index contributed by atoms with van der Waals surface area (Å²) in [5.74, 6) is 1.19. The highest BCUT2D eigenvalue weighted by Gasteiger charge is 2.34. The molecule has 1 fully saturated rings. The number of amides is 1. The standard InChI is InChI=1S/C22H31N3O5S/c1-14-9-11-25(12-10-14)22(26)20-15(2)24(4)16(3)21(20)31(27,28)23-18-8-7-17(29-5)13-19(18)30-6/h7-8,13-14,23H,9-12H2,1-6H3. The van der Waals surface area contributed by atoms with E-state index in [0.29, 0.717) is 41.9 Å². The van der Waals surface area contributed by atoms with Gasteiger partial charge in [0.05, 0.1) is 25.5 Å². The summed E-state index contributed by atoms with van der Waals surface area (Å²) in [6.07, 6.45) is 1.83. The van der Waals surface area contributed by atoms with Crippen LogP contribution in [0, 0.1) is 19.8 Å². The Balaban J connectivity index is 2.04. The lowest BCUT2D eigenvalue weighted by Gasteiger charge is -2.30. The number of aromatic nitrogens is 1. The van der Waals surface area contributed by atoms with Crippen molar-refractivity contribution in [2.24, 2.45) is 13.0 Å². The maximum atomic E-state index is 13.5. The van der Waals surface area contributed by atoms with Gasteiger partial charge in [-0.05, 0) is 44.7 Å². The molecule has 1 aromatic carbocycles. The molecule has 0 atom stereocenters. The number of ether oxygens (including phenoxy) is 2. The largest absolute Gasteiger partial charge is 0.497 e. The zero-order chi connectivity index (χ0) is 22.9. The number of hydrogen-bond acceptors (Lipinski definition) is 5. The van der Waals surface area contributed by atoms with Crippen LogP contribution in [0.2, 0.25) is 0 Å². The fourth-order valence-electron chi connectivity index (χ4n) is 3.95. The molecule has 170 valence electrons. The summed E-state index contributed by atoms with van der Waals surface area (Å²) < 4.78 is 41.8. The lowest BCUT2D eigenvalue weighted by molar-refractivity contribution is 0.0692. The van der Waals surface area contributed by atoms with Gasteiger partial charge >= 0.3 is 0 Å². The molecule has 0 spiro atoms. The first-order valence-electron chi connectivity index (χ1n) is 10.3. The number of nitrogens with one attached hydrogen (secondary N) is 1. The van der Waals surface area contributed by atoms with Crippen LogP contribution < -0.4 is 14.2 Å². The molecule has 0 radical (unpaired) electrons. The van der Waals surface area contributed by atoms with E-state index in [0.717, 1.165) is 12.8 Å². The second-order valence-electron chi connectivity index (χ2n) is 8.08. The zero-order valence-corrected chi connectivity index (χ0v) is 19.8. The molecular weight excluding hydrogens is 418 g/mol. The minimum absolute atomic E-state index is 0.00833. The summed E-state index contributed by atoms with van der Waals surface area (Å²) in [5.41, 5.74) is 1.64. The van der Waals surface area contributed by atoms with Crippen LogP contribution in [-0.2, 0) is 17.1 Å². The van der Waals surface area contributed by atoms with Gasteiger partial charge in [-0.1, -0.05) is 6.92 Å². The van der Waals surface area contributed by atoms with Crippen molar-refractivity contribution in [2.45, 2.75) is 38.5 Å². The van der Waals surface area contributed by atoms with Gasteiger partial charge in [0.15, 0.2) is 0 Å². The molecule has 1 amide bonds. The Morgan fingerprint density at radius 2 is 1.74 bits per heavy atom. The van der Waals surface area contributed by atoms with Gasteiger partial charge in [0, 0.05) is 37.6 Å². The average molecular weight is 450 g/mol. The number of likely N-dealkylation sites (tertiary alicyclic amines) is 1. The van der Waals surface area contributed by atoms with E-state index in [1.165, 1.54) is 14.2 Å². The number of sulfonamides is 1. The van der Waals surface area contributed by atoms with E-state index in [4.69, 9.17) is 9.47 Å². The van der Waals surface area contributed by atoms with Crippen LogP contribution in [0.4, 0.5) is 5.69 Å². The van der Waals surface area contributed by atoms with Gasteiger partial charge in [0.1, 0.15) is 16.4 Å². The van der Waals surface area contributed by atoms with Crippen LogP contribution in [0.25, 0.3) is 0 Å². The van der Waals surface area contributed by atoms with Crippen LogP contribution in [-0.4, -0.2) is 51.1 Å². The van der Waals surface area contributed by atoms with Crippen LogP contribution in [0.5, 0.6) is 11.5 Å². The van der Waals surface area contributed by atoms with E-state index >= 15 is 0 Å². The first-order valence-corrected chi connectivity index (χ1v) is 11.8. The maximum Gasteiger partial charge on any atom is 0.264 e. The number of methoxy groups -OCH3 is 2. The quantitative estimate of drug-likeness (QED) is 0.731. The summed E-state index contributed by atoms with van der Waals surface area (Å²) in [4.78, 5) is 15.2. The number of piperidine rings is 1. The first kappa shape index (κ1) is 23.0. The van der Waals surface area contributed by atoms with E-state index in [-0.39, 0.29) is 22.1 Å². The molecule has 1 aliphatic heterocycles. The SMILES string of the molecule is COc1ccc(NS(=O)(=O)c2c(C(=O)N3CCC(C)CC3)c(C)n(C)c2C)c(OC)c1. The van der Waals surface area contributed by atoms with Gasteiger partial charge in [-0.15, -0.1) is 0 Å².